The predicted octanol–water partition coefficient (Wildman–Crippen LogP) is 4.39. The lowest BCUT2D eigenvalue weighted by molar-refractivity contribution is -0.383. The van der Waals surface area contributed by atoms with E-state index in [0.29, 0.717) is 17.1 Å². The van der Waals surface area contributed by atoms with Gasteiger partial charge in [0, 0.05) is 24.0 Å². The van der Waals surface area contributed by atoms with Crippen molar-refractivity contribution >= 4 is 40.3 Å². The van der Waals surface area contributed by atoms with E-state index in [2.05, 4.69) is 32.8 Å². The molecule has 148 valence electrons. The molecule has 9 nitrogen and oxygen atoms in total. The second kappa shape index (κ2) is 8.79. The van der Waals surface area contributed by atoms with Gasteiger partial charge in [0.1, 0.15) is 6.33 Å². The molecule has 1 amide bonds. The molecule has 3 N–H and O–H groups in total. The Kier molecular flexibility index (Phi) is 5.98. The Morgan fingerprint density at radius 1 is 0.931 bits per heavy atom. The van der Waals surface area contributed by atoms with Crippen LogP contribution in [0, 0.1) is 10.1 Å². The molecule has 0 radical (unpaired) electrons. The molecule has 0 aliphatic carbocycles. The van der Waals surface area contributed by atoms with Gasteiger partial charge in [-0.1, -0.05) is 19.1 Å². The van der Waals surface area contributed by atoms with Gasteiger partial charge in [0.25, 0.3) is 0 Å². The summed E-state index contributed by atoms with van der Waals surface area (Å²) in [6.07, 6.45) is 2.16. The molecule has 2 aromatic carbocycles. The molecular formula is C20H20N6O3. The average Bonchev–Trinajstić information content (AvgIpc) is 2.69. The van der Waals surface area contributed by atoms with Crippen molar-refractivity contribution < 1.29 is 9.72 Å². The number of rotatable bonds is 7. The van der Waals surface area contributed by atoms with Gasteiger partial charge in [0.2, 0.25) is 17.5 Å². The van der Waals surface area contributed by atoms with Crippen molar-refractivity contribution in [2.24, 2.45) is 0 Å². The molecule has 1 heterocycles. The number of carbonyl (C=O) groups excluding carboxylic acids is 1. The quantitative estimate of drug-likeness (QED) is 0.402. The summed E-state index contributed by atoms with van der Waals surface area (Å²) in [5.41, 5.74) is 2.79. The van der Waals surface area contributed by atoms with E-state index in [-0.39, 0.29) is 23.2 Å². The van der Waals surface area contributed by atoms with Gasteiger partial charge < -0.3 is 16.0 Å². The smallest absolute Gasteiger partial charge is 0.334 e. The van der Waals surface area contributed by atoms with Gasteiger partial charge in [0.05, 0.1) is 4.92 Å². The highest BCUT2D eigenvalue weighted by atomic mass is 16.6. The fraction of sp³-hybridized carbons (Fsp3) is 0.150. The van der Waals surface area contributed by atoms with Crippen LogP contribution in [0.1, 0.15) is 19.4 Å². The number of aromatic nitrogens is 2. The van der Waals surface area contributed by atoms with E-state index in [1.807, 2.05) is 24.3 Å². The van der Waals surface area contributed by atoms with Crippen molar-refractivity contribution in [3.8, 4) is 0 Å². The fourth-order valence-electron chi connectivity index (χ4n) is 2.67. The van der Waals surface area contributed by atoms with E-state index in [1.54, 1.807) is 24.3 Å². The highest BCUT2D eigenvalue weighted by Gasteiger charge is 2.23. The van der Waals surface area contributed by atoms with E-state index in [0.717, 1.165) is 12.0 Å². The molecule has 0 spiro atoms. The van der Waals surface area contributed by atoms with Crippen LogP contribution < -0.4 is 16.0 Å². The first-order valence-electron chi connectivity index (χ1n) is 8.96. The Balaban J connectivity index is 1.86. The zero-order valence-corrected chi connectivity index (χ0v) is 16.0. The standard InChI is InChI=1S/C20H20N6O3/c1-3-14-4-6-16(7-5-14)24-19-18(26(28)29)20(22-12-21-19)25-17-10-8-15(9-11-17)23-13(2)27/h4-12H,3H2,1-2H3,(H,23,27)(H2,21,22,24,25). The topological polar surface area (TPSA) is 122 Å². The Bertz CT molecular complexity index is 1020. The van der Waals surface area contributed by atoms with E-state index >= 15 is 0 Å². The summed E-state index contributed by atoms with van der Waals surface area (Å²) >= 11 is 0. The van der Waals surface area contributed by atoms with Crippen molar-refractivity contribution in [1.29, 1.82) is 0 Å². The number of anilines is 5. The summed E-state index contributed by atoms with van der Waals surface area (Å²) in [6.45, 7) is 3.47. The van der Waals surface area contributed by atoms with Crippen molar-refractivity contribution in [1.82, 2.24) is 9.97 Å². The van der Waals surface area contributed by atoms with E-state index in [1.165, 1.54) is 13.3 Å². The second-order valence-electron chi connectivity index (χ2n) is 6.24. The van der Waals surface area contributed by atoms with E-state index in [4.69, 9.17) is 0 Å². The van der Waals surface area contributed by atoms with Crippen LogP contribution in [0.15, 0.2) is 54.9 Å². The average molecular weight is 392 g/mol. The first-order valence-corrected chi connectivity index (χ1v) is 8.96. The minimum absolute atomic E-state index is 0.0601. The summed E-state index contributed by atoms with van der Waals surface area (Å²) in [6, 6.07) is 14.3. The molecule has 0 aliphatic rings. The number of nitrogens with one attached hydrogen (secondary N) is 3. The van der Waals surface area contributed by atoms with Gasteiger partial charge in [-0.2, -0.15) is 0 Å². The summed E-state index contributed by atoms with van der Waals surface area (Å²) in [4.78, 5) is 30.3. The number of hydrogen-bond acceptors (Lipinski definition) is 7. The number of amides is 1. The van der Waals surface area contributed by atoms with Gasteiger partial charge in [0.15, 0.2) is 0 Å². The highest BCUT2D eigenvalue weighted by Crippen LogP contribution is 2.33. The number of aryl methyl sites for hydroxylation is 1. The number of nitro groups is 1. The minimum atomic E-state index is -0.531. The van der Waals surface area contributed by atoms with Crippen LogP contribution in [0.5, 0.6) is 0 Å². The van der Waals surface area contributed by atoms with Crippen LogP contribution in [0.2, 0.25) is 0 Å². The molecular weight excluding hydrogens is 372 g/mol. The minimum Gasteiger partial charge on any atom is -0.334 e. The summed E-state index contributed by atoms with van der Waals surface area (Å²) < 4.78 is 0. The lowest BCUT2D eigenvalue weighted by atomic mass is 10.1. The molecule has 3 aromatic rings. The Morgan fingerprint density at radius 3 is 1.86 bits per heavy atom. The zero-order chi connectivity index (χ0) is 20.8. The largest absolute Gasteiger partial charge is 0.353 e. The molecule has 0 unspecified atom stereocenters. The van der Waals surface area contributed by atoms with Crippen LogP contribution in [0.4, 0.5) is 34.4 Å². The molecule has 0 atom stereocenters. The maximum absolute atomic E-state index is 11.7. The maximum Gasteiger partial charge on any atom is 0.353 e. The fourth-order valence-corrected chi connectivity index (χ4v) is 2.67. The predicted molar refractivity (Wildman–Crippen MR) is 112 cm³/mol. The third-order valence-electron chi connectivity index (χ3n) is 4.10. The van der Waals surface area contributed by atoms with Gasteiger partial charge in [-0.05, 0) is 48.4 Å². The van der Waals surface area contributed by atoms with Crippen LogP contribution in [-0.4, -0.2) is 20.8 Å². The summed E-state index contributed by atoms with van der Waals surface area (Å²) in [7, 11) is 0. The second-order valence-corrected chi connectivity index (χ2v) is 6.24. The highest BCUT2D eigenvalue weighted by molar-refractivity contribution is 5.89. The normalized spacial score (nSPS) is 10.3. The molecule has 0 bridgehead atoms. The lowest BCUT2D eigenvalue weighted by Gasteiger charge is -2.11. The molecule has 0 fully saturated rings. The SMILES string of the molecule is CCc1ccc(Nc2ncnc(Nc3ccc(NC(C)=O)cc3)c2[N+](=O)[O-])cc1. The Hall–Kier alpha value is -4.01. The van der Waals surface area contributed by atoms with Gasteiger partial charge in [-0.25, -0.2) is 9.97 Å². The Morgan fingerprint density at radius 2 is 1.41 bits per heavy atom. The third kappa shape index (κ3) is 5.04. The van der Waals surface area contributed by atoms with Crippen molar-refractivity contribution in [2.45, 2.75) is 20.3 Å². The van der Waals surface area contributed by atoms with Crippen LogP contribution in [0.25, 0.3) is 0 Å². The number of nitrogens with zero attached hydrogens (tertiary/aromatic N) is 3. The summed E-state index contributed by atoms with van der Waals surface area (Å²) in [5, 5.41) is 20.3. The van der Waals surface area contributed by atoms with Crippen molar-refractivity contribution in [3.05, 3.63) is 70.5 Å². The van der Waals surface area contributed by atoms with Crippen LogP contribution in [-0.2, 0) is 11.2 Å². The Labute approximate surface area is 167 Å². The van der Waals surface area contributed by atoms with E-state index < -0.39 is 4.92 Å². The number of hydrogen-bond donors (Lipinski definition) is 3. The summed E-state index contributed by atoms with van der Waals surface area (Å²) in [5.74, 6) is -0.0311. The number of benzene rings is 2. The third-order valence-corrected chi connectivity index (χ3v) is 4.10. The van der Waals surface area contributed by atoms with Crippen molar-refractivity contribution in [2.75, 3.05) is 16.0 Å². The van der Waals surface area contributed by atoms with Gasteiger partial charge in [-0.3, -0.25) is 14.9 Å². The zero-order valence-electron chi connectivity index (χ0n) is 16.0. The molecule has 9 heteroatoms. The van der Waals surface area contributed by atoms with Crippen molar-refractivity contribution in [3.63, 3.8) is 0 Å². The van der Waals surface area contributed by atoms with Gasteiger partial charge >= 0.3 is 5.69 Å². The first kappa shape index (κ1) is 19.7. The molecule has 3 rings (SSSR count). The van der Waals surface area contributed by atoms with Gasteiger partial charge in [-0.15, -0.1) is 0 Å². The van der Waals surface area contributed by atoms with Crippen LogP contribution in [0.3, 0.4) is 0 Å². The van der Waals surface area contributed by atoms with Crippen LogP contribution >= 0.6 is 0 Å². The van der Waals surface area contributed by atoms with E-state index in [9.17, 15) is 14.9 Å². The molecule has 1 aromatic heterocycles. The molecule has 29 heavy (non-hydrogen) atoms. The first-order chi connectivity index (χ1) is 14.0. The molecule has 0 saturated carbocycles. The lowest BCUT2D eigenvalue weighted by Crippen LogP contribution is -2.06. The number of carbonyl (C=O) groups is 1. The molecule has 0 aliphatic heterocycles. The maximum atomic E-state index is 11.7. The molecule has 0 saturated heterocycles. The monoisotopic (exact) mass is 392 g/mol.